The van der Waals surface area contributed by atoms with Crippen LogP contribution < -0.4 is 0 Å². The molecule has 1 aliphatic rings. The van der Waals surface area contributed by atoms with Crippen LogP contribution >= 0.6 is 23.2 Å². The second kappa shape index (κ2) is 7.72. The van der Waals surface area contributed by atoms with E-state index in [9.17, 15) is 8.78 Å². The second-order valence-corrected chi connectivity index (χ2v) is 8.07. The van der Waals surface area contributed by atoms with E-state index in [1.165, 1.54) is 18.2 Å². The molecule has 160 valence electrons. The van der Waals surface area contributed by atoms with Crippen LogP contribution in [0.25, 0.3) is 17.2 Å². The lowest BCUT2D eigenvalue weighted by molar-refractivity contribution is 0.578. The lowest BCUT2D eigenvalue weighted by Crippen LogP contribution is -2.13. The highest BCUT2D eigenvalue weighted by Crippen LogP contribution is 2.39. The average Bonchev–Trinajstić information content (AvgIpc) is 3.15. The van der Waals surface area contributed by atoms with E-state index >= 15 is 0 Å². The van der Waals surface area contributed by atoms with Crippen LogP contribution in [0.1, 0.15) is 35.6 Å². The van der Waals surface area contributed by atoms with Crippen molar-refractivity contribution in [3.63, 3.8) is 0 Å². The van der Waals surface area contributed by atoms with Gasteiger partial charge in [0.25, 0.3) is 0 Å². The number of benzene rings is 2. The predicted molar refractivity (Wildman–Crippen MR) is 118 cm³/mol. The number of aliphatic imine (C=N–C) groups is 1. The molecule has 0 fully saturated rings. The van der Waals surface area contributed by atoms with E-state index in [2.05, 4.69) is 25.4 Å². The standard InChI is InChI=1S/C22H14Cl2F2N6/c1-10-6-8-15(29-28-10)22-31-30-21-11(2)27-20(17-13(25)4-3-5-14(17)26)18-16(32(21)22)9-7-12(23)19(18)24/h3-9,11H,1-2H3/t11-/m0/s1. The number of nitrogens with zero attached hydrogens (tertiary/aromatic N) is 6. The first kappa shape index (κ1) is 20.7. The van der Waals surface area contributed by atoms with Gasteiger partial charge in [0.05, 0.1) is 32.7 Å². The minimum Gasteiger partial charge on any atom is -0.275 e. The van der Waals surface area contributed by atoms with Crippen molar-refractivity contribution in [2.75, 3.05) is 0 Å². The zero-order valence-electron chi connectivity index (χ0n) is 16.8. The fourth-order valence-corrected chi connectivity index (χ4v) is 4.08. The molecule has 0 saturated heterocycles. The lowest BCUT2D eigenvalue weighted by Gasteiger charge is -2.16. The molecule has 0 saturated carbocycles. The maximum atomic E-state index is 14.8. The molecular formula is C22H14Cl2F2N6. The minimum absolute atomic E-state index is 0.0436. The molecule has 10 heteroatoms. The minimum atomic E-state index is -0.764. The van der Waals surface area contributed by atoms with Crippen LogP contribution in [-0.4, -0.2) is 30.7 Å². The van der Waals surface area contributed by atoms with Gasteiger partial charge in [0.1, 0.15) is 23.4 Å². The maximum Gasteiger partial charge on any atom is 0.189 e. The molecule has 0 unspecified atom stereocenters. The van der Waals surface area contributed by atoms with Crippen LogP contribution in [0.2, 0.25) is 10.0 Å². The summed E-state index contributed by atoms with van der Waals surface area (Å²) in [6.45, 7) is 3.58. The monoisotopic (exact) mass is 470 g/mol. The highest BCUT2D eigenvalue weighted by Gasteiger charge is 2.32. The molecule has 2 aromatic carbocycles. The van der Waals surface area contributed by atoms with Gasteiger partial charge in [-0.25, -0.2) is 8.78 Å². The first-order chi connectivity index (χ1) is 15.4. The van der Waals surface area contributed by atoms with Crippen molar-refractivity contribution in [3.8, 4) is 17.2 Å². The third-order valence-corrected chi connectivity index (χ3v) is 5.97. The smallest absolute Gasteiger partial charge is 0.189 e. The second-order valence-electron chi connectivity index (χ2n) is 7.28. The molecule has 0 N–H and O–H groups in total. The molecule has 1 aliphatic heterocycles. The summed E-state index contributed by atoms with van der Waals surface area (Å²) in [5.41, 5.74) is 1.72. The van der Waals surface area contributed by atoms with E-state index < -0.39 is 17.7 Å². The van der Waals surface area contributed by atoms with Crippen molar-refractivity contribution in [1.29, 1.82) is 0 Å². The average molecular weight is 471 g/mol. The summed E-state index contributed by atoms with van der Waals surface area (Å²) in [7, 11) is 0. The normalized spacial score (nSPS) is 15.1. The quantitative estimate of drug-likeness (QED) is 0.386. The molecule has 32 heavy (non-hydrogen) atoms. The van der Waals surface area contributed by atoms with E-state index in [4.69, 9.17) is 23.2 Å². The zero-order chi connectivity index (χ0) is 22.6. The molecule has 5 rings (SSSR count). The molecule has 0 aliphatic carbocycles. The molecule has 4 aromatic rings. The lowest BCUT2D eigenvalue weighted by atomic mass is 9.99. The molecule has 1 atom stereocenters. The highest BCUT2D eigenvalue weighted by atomic mass is 35.5. The van der Waals surface area contributed by atoms with Gasteiger partial charge in [0.15, 0.2) is 11.6 Å². The number of aromatic nitrogens is 5. The van der Waals surface area contributed by atoms with Gasteiger partial charge in [0, 0.05) is 5.56 Å². The fourth-order valence-electron chi connectivity index (χ4n) is 3.67. The van der Waals surface area contributed by atoms with Crippen molar-refractivity contribution in [2.24, 2.45) is 4.99 Å². The van der Waals surface area contributed by atoms with Crippen LogP contribution in [0.3, 0.4) is 0 Å². The Morgan fingerprint density at radius 2 is 1.62 bits per heavy atom. The van der Waals surface area contributed by atoms with E-state index in [1.54, 1.807) is 35.8 Å². The van der Waals surface area contributed by atoms with E-state index in [-0.39, 0.29) is 26.9 Å². The van der Waals surface area contributed by atoms with Crippen molar-refractivity contribution in [3.05, 3.63) is 86.8 Å². The van der Waals surface area contributed by atoms with Gasteiger partial charge >= 0.3 is 0 Å². The largest absolute Gasteiger partial charge is 0.275 e. The Balaban J connectivity index is 1.86. The summed E-state index contributed by atoms with van der Waals surface area (Å²) in [5.74, 6) is -0.682. The summed E-state index contributed by atoms with van der Waals surface area (Å²) >= 11 is 12.9. The highest BCUT2D eigenvalue weighted by molar-refractivity contribution is 6.45. The van der Waals surface area contributed by atoms with Gasteiger partial charge in [-0.2, -0.15) is 5.10 Å². The first-order valence-electron chi connectivity index (χ1n) is 9.63. The van der Waals surface area contributed by atoms with Gasteiger partial charge in [-0.3, -0.25) is 9.56 Å². The third-order valence-electron chi connectivity index (χ3n) is 5.16. The van der Waals surface area contributed by atoms with E-state index in [0.29, 0.717) is 23.0 Å². The molecular weight excluding hydrogens is 457 g/mol. The number of hydrogen-bond donors (Lipinski definition) is 0. The van der Waals surface area contributed by atoms with E-state index in [1.807, 2.05) is 6.92 Å². The van der Waals surface area contributed by atoms with Gasteiger partial charge in [-0.05, 0) is 50.2 Å². The molecule has 6 nitrogen and oxygen atoms in total. The summed E-state index contributed by atoms with van der Waals surface area (Å²) in [5, 5.41) is 17.2. The Bertz CT molecular complexity index is 1380. The van der Waals surface area contributed by atoms with Gasteiger partial charge in [-0.15, -0.1) is 15.3 Å². The first-order valence-corrected chi connectivity index (χ1v) is 10.4. The summed E-state index contributed by atoms with van der Waals surface area (Å²) in [6.07, 6.45) is 0. The van der Waals surface area contributed by atoms with Crippen molar-refractivity contribution >= 4 is 28.9 Å². The molecule has 2 aromatic heterocycles. The Kier molecular flexibility index (Phi) is 4.98. The summed E-state index contributed by atoms with van der Waals surface area (Å²) < 4.78 is 31.3. The van der Waals surface area contributed by atoms with Crippen LogP contribution in [0.5, 0.6) is 0 Å². The topological polar surface area (TPSA) is 68.8 Å². The van der Waals surface area contributed by atoms with Crippen molar-refractivity contribution in [2.45, 2.75) is 19.9 Å². The van der Waals surface area contributed by atoms with Crippen LogP contribution in [0, 0.1) is 18.6 Å². The van der Waals surface area contributed by atoms with Crippen LogP contribution in [0.4, 0.5) is 8.78 Å². The zero-order valence-corrected chi connectivity index (χ0v) is 18.3. The number of fused-ring (bicyclic) bond motifs is 3. The number of hydrogen-bond acceptors (Lipinski definition) is 5. The molecule has 3 heterocycles. The molecule has 0 radical (unpaired) electrons. The van der Waals surface area contributed by atoms with Crippen molar-refractivity contribution in [1.82, 2.24) is 25.0 Å². The molecule has 0 spiro atoms. The van der Waals surface area contributed by atoms with Gasteiger partial charge in [0.2, 0.25) is 0 Å². The van der Waals surface area contributed by atoms with Crippen molar-refractivity contribution < 1.29 is 8.78 Å². The van der Waals surface area contributed by atoms with Gasteiger partial charge < -0.3 is 0 Å². The van der Waals surface area contributed by atoms with Crippen LogP contribution in [0.15, 0.2) is 47.5 Å². The molecule has 0 amide bonds. The fraction of sp³-hybridized carbons (Fsp3) is 0.136. The summed E-state index contributed by atoms with van der Waals surface area (Å²) in [4.78, 5) is 4.61. The Morgan fingerprint density at radius 1 is 0.875 bits per heavy atom. The Hall–Kier alpha value is -3.23. The maximum absolute atomic E-state index is 14.8. The third kappa shape index (κ3) is 3.18. The van der Waals surface area contributed by atoms with Crippen LogP contribution in [-0.2, 0) is 0 Å². The number of rotatable bonds is 2. The number of aryl methyl sites for hydroxylation is 1. The number of halogens is 4. The van der Waals surface area contributed by atoms with Gasteiger partial charge in [-0.1, -0.05) is 29.3 Å². The predicted octanol–water partition coefficient (Wildman–Crippen LogP) is 5.53. The summed E-state index contributed by atoms with van der Waals surface area (Å²) in [6, 6.07) is 9.88. The Morgan fingerprint density at radius 3 is 2.31 bits per heavy atom. The molecule has 0 bridgehead atoms. The van der Waals surface area contributed by atoms with E-state index in [0.717, 1.165) is 5.69 Å². The Labute approximate surface area is 191 Å². The SMILES string of the molecule is Cc1ccc(-c2nnc3n2-c2ccc(Cl)c(Cl)c2C(c2c(F)cccc2F)=N[C@H]3C)nn1.